The lowest BCUT2D eigenvalue weighted by atomic mass is 10.0. The normalized spacial score (nSPS) is 24.1. The third-order valence-electron chi connectivity index (χ3n) is 5.62. The van der Waals surface area contributed by atoms with Crippen molar-refractivity contribution in [1.82, 2.24) is 14.7 Å². The van der Waals surface area contributed by atoms with E-state index in [0.717, 1.165) is 45.1 Å². The first-order valence-corrected chi connectivity index (χ1v) is 9.73. The summed E-state index contributed by atoms with van der Waals surface area (Å²) in [5.41, 5.74) is 4.39. The van der Waals surface area contributed by atoms with Crippen LogP contribution in [0.3, 0.4) is 0 Å². The first-order chi connectivity index (χ1) is 12.2. The van der Waals surface area contributed by atoms with Crippen molar-refractivity contribution in [3.8, 4) is 0 Å². The first-order valence-electron chi connectivity index (χ1n) is 9.73. The Bertz CT molecular complexity index is 649. The van der Waals surface area contributed by atoms with Crippen LogP contribution < -0.4 is 0 Å². The van der Waals surface area contributed by atoms with Crippen molar-refractivity contribution in [2.24, 2.45) is 10.9 Å². The Morgan fingerprint density at radius 3 is 2.76 bits per heavy atom. The Hall–Kier alpha value is -1.65. The molecule has 25 heavy (non-hydrogen) atoms. The predicted octanol–water partition coefficient (Wildman–Crippen LogP) is 3.18. The fraction of sp³-hybridized carbons (Fsp3) is 0.571. The smallest absolute Gasteiger partial charge is 0.178 e. The summed E-state index contributed by atoms with van der Waals surface area (Å²) in [5, 5.41) is 0. The van der Waals surface area contributed by atoms with Crippen LogP contribution in [0.15, 0.2) is 46.6 Å². The van der Waals surface area contributed by atoms with Crippen molar-refractivity contribution in [3.05, 3.63) is 47.2 Å². The molecule has 0 spiro atoms. The van der Waals surface area contributed by atoms with Crippen molar-refractivity contribution in [1.29, 1.82) is 0 Å². The van der Waals surface area contributed by atoms with Crippen LogP contribution in [0, 0.1) is 5.92 Å². The summed E-state index contributed by atoms with van der Waals surface area (Å²) in [6.07, 6.45) is 4.85. The number of nitrogens with zero attached hydrogens (tertiary/aromatic N) is 4. The van der Waals surface area contributed by atoms with E-state index in [1.165, 1.54) is 24.1 Å². The number of rotatable bonds is 5. The van der Waals surface area contributed by atoms with Gasteiger partial charge in [0.1, 0.15) is 0 Å². The second kappa shape index (κ2) is 7.30. The van der Waals surface area contributed by atoms with Crippen molar-refractivity contribution in [3.63, 3.8) is 0 Å². The summed E-state index contributed by atoms with van der Waals surface area (Å²) in [6.45, 7) is 11.3. The average molecular weight is 338 g/mol. The first kappa shape index (κ1) is 16.8. The fourth-order valence-electron chi connectivity index (χ4n) is 4.18. The van der Waals surface area contributed by atoms with Gasteiger partial charge in [-0.25, -0.2) is 0 Å². The molecule has 1 atom stereocenters. The SMILES string of the molecule is CC(C)CCN1CCN2C3=C(C=NC12)CN(Cc1ccccc1)CC3. The molecule has 4 heteroatoms. The Morgan fingerprint density at radius 1 is 1.12 bits per heavy atom. The van der Waals surface area contributed by atoms with Gasteiger partial charge in [0.15, 0.2) is 6.29 Å². The van der Waals surface area contributed by atoms with E-state index in [4.69, 9.17) is 4.99 Å². The fourth-order valence-corrected chi connectivity index (χ4v) is 4.18. The second-order valence-electron chi connectivity index (χ2n) is 7.95. The zero-order valence-corrected chi connectivity index (χ0v) is 15.6. The number of hydrogen-bond acceptors (Lipinski definition) is 4. The molecule has 0 aliphatic carbocycles. The maximum atomic E-state index is 4.92. The molecule has 1 unspecified atom stereocenters. The Kier molecular flexibility index (Phi) is 4.91. The molecule has 0 radical (unpaired) electrons. The lowest BCUT2D eigenvalue weighted by Crippen LogP contribution is -2.44. The highest BCUT2D eigenvalue weighted by molar-refractivity contribution is 5.81. The molecule has 0 aromatic heterocycles. The third kappa shape index (κ3) is 3.65. The van der Waals surface area contributed by atoms with Gasteiger partial charge < -0.3 is 4.90 Å². The molecule has 3 aliphatic rings. The van der Waals surface area contributed by atoms with E-state index in [1.807, 2.05) is 0 Å². The summed E-state index contributed by atoms with van der Waals surface area (Å²) >= 11 is 0. The molecular formula is C21H30N4. The van der Waals surface area contributed by atoms with Crippen LogP contribution in [-0.4, -0.2) is 59.9 Å². The van der Waals surface area contributed by atoms with Gasteiger partial charge in [0.25, 0.3) is 0 Å². The molecule has 4 nitrogen and oxygen atoms in total. The third-order valence-corrected chi connectivity index (χ3v) is 5.62. The van der Waals surface area contributed by atoms with Gasteiger partial charge in [0, 0.05) is 63.2 Å². The standard InChI is InChI=1S/C21H30N4/c1-17(2)8-11-24-12-13-25-20-9-10-23(15-18-6-4-3-5-7-18)16-19(20)14-22-21(24)25/h3-7,14,17,21H,8-13,15-16H2,1-2H3. The Morgan fingerprint density at radius 2 is 1.96 bits per heavy atom. The van der Waals surface area contributed by atoms with E-state index in [0.29, 0.717) is 0 Å². The van der Waals surface area contributed by atoms with Crippen molar-refractivity contribution in [2.45, 2.75) is 39.5 Å². The van der Waals surface area contributed by atoms with Gasteiger partial charge in [-0.15, -0.1) is 0 Å². The molecule has 1 fully saturated rings. The van der Waals surface area contributed by atoms with Gasteiger partial charge in [-0.1, -0.05) is 44.2 Å². The van der Waals surface area contributed by atoms with Gasteiger partial charge >= 0.3 is 0 Å². The molecule has 134 valence electrons. The van der Waals surface area contributed by atoms with Crippen LogP contribution in [0.5, 0.6) is 0 Å². The highest BCUT2D eigenvalue weighted by atomic mass is 15.5. The minimum absolute atomic E-state index is 0.262. The van der Waals surface area contributed by atoms with Crippen LogP contribution in [0.4, 0.5) is 0 Å². The van der Waals surface area contributed by atoms with Crippen molar-refractivity contribution < 1.29 is 0 Å². The van der Waals surface area contributed by atoms with Crippen molar-refractivity contribution >= 4 is 6.21 Å². The molecule has 0 saturated carbocycles. The lowest BCUT2D eigenvalue weighted by Gasteiger charge is -2.39. The maximum Gasteiger partial charge on any atom is 0.178 e. The van der Waals surface area contributed by atoms with Crippen molar-refractivity contribution in [2.75, 3.05) is 32.7 Å². The maximum absolute atomic E-state index is 4.92. The van der Waals surface area contributed by atoms with E-state index in [2.05, 4.69) is 65.1 Å². The predicted molar refractivity (Wildman–Crippen MR) is 103 cm³/mol. The molecule has 0 N–H and O–H groups in total. The number of hydrogen-bond donors (Lipinski definition) is 0. The van der Waals surface area contributed by atoms with Crippen LogP contribution in [-0.2, 0) is 6.54 Å². The molecule has 1 aromatic rings. The molecule has 0 bridgehead atoms. The minimum Gasteiger partial charge on any atom is -0.339 e. The largest absolute Gasteiger partial charge is 0.339 e. The van der Waals surface area contributed by atoms with E-state index in [1.54, 1.807) is 5.70 Å². The minimum atomic E-state index is 0.262. The lowest BCUT2D eigenvalue weighted by molar-refractivity contribution is 0.149. The average Bonchev–Trinajstić information content (AvgIpc) is 3.04. The molecule has 1 aromatic carbocycles. The van der Waals surface area contributed by atoms with E-state index in [9.17, 15) is 0 Å². The Labute approximate surface area is 151 Å². The zero-order valence-electron chi connectivity index (χ0n) is 15.6. The molecule has 3 aliphatic heterocycles. The molecular weight excluding hydrogens is 308 g/mol. The monoisotopic (exact) mass is 338 g/mol. The van der Waals surface area contributed by atoms with Gasteiger partial charge in [-0.3, -0.25) is 14.8 Å². The number of benzene rings is 1. The van der Waals surface area contributed by atoms with Crippen LogP contribution in [0.1, 0.15) is 32.3 Å². The highest BCUT2D eigenvalue weighted by Gasteiger charge is 2.37. The van der Waals surface area contributed by atoms with Gasteiger partial charge in [-0.05, 0) is 17.9 Å². The summed E-state index contributed by atoms with van der Waals surface area (Å²) in [6, 6.07) is 10.8. The molecule has 1 saturated heterocycles. The second-order valence-corrected chi connectivity index (χ2v) is 7.95. The van der Waals surface area contributed by atoms with Gasteiger partial charge in [0.05, 0.1) is 0 Å². The van der Waals surface area contributed by atoms with Crippen LogP contribution in [0.25, 0.3) is 0 Å². The van der Waals surface area contributed by atoms with Crippen LogP contribution >= 0.6 is 0 Å². The highest BCUT2D eigenvalue weighted by Crippen LogP contribution is 2.31. The van der Waals surface area contributed by atoms with E-state index in [-0.39, 0.29) is 6.29 Å². The molecule has 0 amide bonds. The number of aliphatic imine (C=N–C) groups is 1. The zero-order chi connectivity index (χ0) is 17.2. The number of fused-ring (bicyclic) bond motifs is 2. The summed E-state index contributed by atoms with van der Waals surface area (Å²) < 4.78 is 0. The molecule has 3 heterocycles. The summed E-state index contributed by atoms with van der Waals surface area (Å²) in [7, 11) is 0. The summed E-state index contributed by atoms with van der Waals surface area (Å²) in [4.78, 5) is 12.6. The quantitative estimate of drug-likeness (QED) is 0.823. The topological polar surface area (TPSA) is 22.1 Å². The summed E-state index contributed by atoms with van der Waals surface area (Å²) in [5.74, 6) is 0.762. The Balaban J connectivity index is 1.41. The van der Waals surface area contributed by atoms with E-state index < -0.39 is 0 Å². The van der Waals surface area contributed by atoms with Gasteiger partial charge in [-0.2, -0.15) is 0 Å². The van der Waals surface area contributed by atoms with Gasteiger partial charge in [0.2, 0.25) is 0 Å². The van der Waals surface area contributed by atoms with Crippen LogP contribution in [0.2, 0.25) is 0 Å². The van der Waals surface area contributed by atoms with E-state index >= 15 is 0 Å². The molecule has 4 rings (SSSR count).